The third-order valence-electron chi connectivity index (χ3n) is 6.10. The Morgan fingerprint density at radius 1 is 1.19 bits per heavy atom. The monoisotopic (exact) mass is 430 g/mol. The molecule has 2 saturated heterocycles. The summed E-state index contributed by atoms with van der Waals surface area (Å²) in [5, 5.41) is 2.92. The van der Waals surface area contributed by atoms with Gasteiger partial charge in [-0.3, -0.25) is 19.3 Å². The van der Waals surface area contributed by atoms with Crippen molar-refractivity contribution in [2.75, 3.05) is 45.2 Å². The first-order valence-electron chi connectivity index (χ1n) is 11.0. The van der Waals surface area contributed by atoms with E-state index in [0.29, 0.717) is 26.2 Å². The molecule has 0 saturated carbocycles. The van der Waals surface area contributed by atoms with Crippen LogP contribution in [0.1, 0.15) is 33.1 Å². The Morgan fingerprint density at radius 3 is 2.42 bits per heavy atom. The number of nitrogens with zero attached hydrogens (tertiary/aromatic N) is 3. The van der Waals surface area contributed by atoms with Gasteiger partial charge < -0.3 is 19.9 Å². The summed E-state index contributed by atoms with van der Waals surface area (Å²) >= 11 is 0. The standard InChI is InChI=1S/C23H34N4O4/c1-16(2)24-21(28)15-25(3)18-9-11-26(12-10-18)23(30)17-13-22(29)27(14-17)19-5-7-20(31-4)8-6-19/h5-8,16-18H,9-15H2,1-4H3,(H,24,28)/t17-/m0/s1. The molecule has 0 spiro atoms. The molecule has 31 heavy (non-hydrogen) atoms. The molecule has 2 aliphatic rings. The molecule has 8 nitrogen and oxygen atoms in total. The lowest BCUT2D eigenvalue weighted by Gasteiger charge is -2.37. The number of anilines is 1. The van der Waals surface area contributed by atoms with Crippen LogP contribution in [0, 0.1) is 5.92 Å². The highest BCUT2D eigenvalue weighted by Gasteiger charge is 2.38. The minimum Gasteiger partial charge on any atom is -0.497 e. The molecular formula is C23H34N4O4. The van der Waals surface area contributed by atoms with Gasteiger partial charge in [0.25, 0.3) is 0 Å². The summed E-state index contributed by atoms with van der Waals surface area (Å²) in [6.07, 6.45) is 1.92. The number of carbonyl (C=O) groups excluding carboxylic acids is 3. The van der Waals surface area contributed by atoms with Crippen LogP contribution in [0.15, 0.2) is 24.3 Å². The van der Waals surface area contributed by atoms with Crippen LogP contribution in [0.3, 0.4) is 0 Å². The van der Waals surface area contributed by atoms with Crippen molar-refractivity contribution < 1.29 is 19.1 Å². The average Bonchev–Trinajstić information content (AvgIpc) is 3.14. The molecule has 1 N–H and O–H groups in total. The molecule has 8 heteroatoms. The summed E-state index contributed by atoms with van der Waals surface area (Å²) in [5.74, 6) is 0.495. The van der Waals surface area contributed by atoms with Gasteiger partial charge in [0.1, 0.15) is 5.75 Å². The number of carbonyl (C=O) groups is 3. The van der Waals surface area contributed by atoms with Gasteiger partial charge in [-0.2, -0.15) is 0 Å². The number of methoxy groups -OCH3 is 1. The number of hydrogen-bond acceptors (Lipinski definition) is 5. The number of ether oxygens (including phenoxy) is 1. The number of benzene rings is 1. The second kappa shape index (κ2) is 10.1. The Labute approximate surface area is 184 Å². The van der Waals surface area contributed by atoms with E-state index in [1.165, 1.54) is 0 Å². The number of rotatable bonds is 7. The van der Waals surface area contributed by atoms with E-state index in [4.69, 9.17) is 4.74 Å². The van der Waals surface area contributed by atoms with E-state index in [-0.39, 0.29) is 42.1 Å². The van der Waals surface area contributed by atoms with Crippen molar-refractivity contribution >= 4 is 23.4 Å². The van der Waals surface area contributed by atoms with Crippen LogP contribution in [0.5, 0.6) is 5.75 Å². The number of amides is 3. The zero-order valence-electron chi connectivity index (χ0n) is 19.0. The van der Waals surface area contributed by atoms with Crippen LogP contribution >= 0.6 is 0 Å². The molecule has 1 aromatic carbocycles. The normalized spacial score (nSPS) is 19.9. The molecule has 2 fully saturated rings. The van der Waals surface area contributed by atoms with Crippen molar-refractivity contribution in [2.24, 2.45) is 5.92 Å². The zero-order valence-corrected chi connectivity index (χ0v) is 19.0. The van der Waals surface area contributed by atoms with Gasteiger partial charge in [-0.25, -0.2) is 0 Å². The SMILES string of the molecule is COc1ccc(N2C[C@@H](C(=O)N3CCC(N(C)CC(=O)NC(C)C)CC3)CC2=O)cc1. The topological polar surface area (TPSA) is 82.2 Å². The van der Waals surface area contributed by atoms with Crippen LogP contribution in [0.4, 0.5) is 5.69 Å². The molecule has 1 aromatic rings. The quantitative estimate of drug-likeness (QED) is 0.709. The molecule has 170 valence electrons. The minimum atomic E-state index is -0.305. The summed E-state index contributed by atoms with van der Waals surface area (Å²) in [5.41, 5.74) is 0.793. The van der Waals surface area contributed by atoms with Gasteiger partial charge in [-0.05, 0) is 58.0 Å². The van der Waals surface area contributed by atoms with E-state index >= 15 is 0 Å². The summed E-state index contributed by atoms with van der Waals surface area (Å²) in [7, 11) is 3.57. The maximum Gasteiger partial charge on any atom is 0.234 e. The fraction of sp³-hybridized carbons (Fsp3) is 0.609. The second-order valence-electron chi connectivity index (χ2n) is 8.80. The van der Waals surface area contributed by atoms with E-state index in [1.54, 1.807) is 12.0 Å². The molecule has 1 atom stereocenters. The first-order valence-corrected chi connectivity index (χ1v) is 11.0. The van der Waals surface area contributed by atoms with E-state index in [0.717, 1.165) is 24.3 Å². The number of likely N-dealkylation sites (tertiary alicyclic amines) is 1. The molecule has 2 aliphatic heterocycles. The number of piperidine rings is 1. The van der Waals surface area contributed by atoms with Crippen molar-refractivity contribution in [2.45, 2.75) is 45.2 Å². The lowest BCUT2D eigenvalue weighted by Crippen LogP contribution is -2.49. The summed E-state index contributed by atoms with van der Waals surface area (Å²) < 4.78 is 5.17. The lowest BCUT2D eigenvalue weighted by atomic mass is 10.0. The Balaban J connectivity index is 1.50. The smallest absolute Gasteiger partial charge is 0.234 e. The van der Waals surface area contributed by atoms with Crippen LogP contribution < -0.4 is 15.0 Å². The predicted octanol–water partition coefficient (Wildman–Crippen LogP) is 1.50. The van der Waals surface area contributed by atoms with Gasteiger partial charge in [0, 0.05) is 43.8 Å². The summed E-state index contributed by atoms with van der Waals surface area (Å²) in [4.78, 5) is 43.2. The Bertz CT molecular complexity index is 787. The van der Waals surface area contributed by atoms with Gasteiger partial charge >= 0.3 is 0 Å². The predicted molar refractivity (Wildman–Crippen MR) is 119 cm³/mol. The fourth-order valence-corrected chi connectivity index (χ4v) is 4.39. The number of likely N-dealkylation sites (N-methyl/N-ethyl adjacent to an activating group) is 1. The molecule has 0 radical (unpaired) electrons. The molecular weight excluding hydrogens is 396 g/mol. The highest BCUT2D eigenvalue weighted by molar-refractivity contribution is 6.00. The Hall–Kier alpha value is -2.61. The lowest BCUT2D eigenvalue weighted by molar-refractivity contribution is -0.137. The van der Waals surface area contributed by atoms with Crippen LogP contribution in [0.2, 0.25) is 0 Å². The molecule has 0 aliphatic carbocycles. The highest BCUT2D eigenvalue weighted by Crippen LogP contribution is 2.28. The van der Waals surface area contributed by atoms with Crippen LogP contribution in [-0.2, 0) is 14.4 Å². The number of hydrogen-bond donors (Lipinski definition) is 1. The van der Waals surface area contributed by atoms with E-state index < -0.39 is 0 Å². The van der Waals surface area contributed by atoms with Crippen molar-refractivity contribution in [1.29, 1.82) is 0 Å². The molecule has 3 amide bonds. The zero-order chi connectivity index (χ0) is 22.5. The third-order valence-corrected chi connectivity index (χ3v) is 6.10. The maximum atomic E-state index is 13.0. The van der Waals surface area contributed by atoms with Gasteiger partial charge in [0.05, 0.1) is 19.6 Å². The van der Waals surface area contributed by atoms with Crippen molar-refractivity contribution in [3.05, 3.63) is 24.3 Å². The minimum absolute atomic E-state index is 0.0192. The van der Waals surface area contributed by atoms with Gasteiger partial charge in [0.2, 0.25) is 17.7 Å². The summed E-state index contributed by atoms with van der Waals surface area (Å²) in [6, 6.07) is 7.75. The fourth-order valence-electron chi connectivity index (χ4n) is 4.39. The first kappa shape index (κ1) is 23.1. The third kappa shape index (κ3) is 5.76. The molecule has 0 bridgehead atoms. The van der Waals surface area contributed by atoms with E-state index in [1.807, 2.05) is 50.1 Å². The van der Waals surface area contributed by atoms with Gasteiger partial charge in [-0.15, -0.1) is 0 Å². The van der Waals surface area contributed by atoms with Gasteiger partial charge in [-0.1, -0.05) is 0 Å². The van der Waals surface area contributed by atoms with Gasteiger partial charge in [0.15, 0.2) is 0 Å². The van der Waals surface area contributed by atoms with E-state index in [9.17, 15) is 14.4 Å². The molecule has 0 aromatic heterocycles. The Morgan fingerprint density at radius 2 is 1.84 bits per heavy atom. The Kier molecular flexibility index (Phi) is 7.54. The number of nitrogens with one attached hydrogen (secondary N) is 1. The molecule has 3 rings (SSSR count). The first-order chi connectivity index (χ1) is 14.8. The largest absolute Gasteiger partial charge is 0.497 e. The highest BCUT2D eigenvalue weighted by atomic mass is 16.5. The van der Waals surface area contributed by atoms with Crippen molar-refractivity contribution in [3.8, 4) is 5.75 Å². The molecule has 2 heterocycles. The maximum absolute atomic E-state index is 13.0. The average molecular weight is 431 g/mol. The van der Waals surface area contributed by atoms with Crippen LogP contribution in [0.25, 0.3) is 0 Å². The summed E-state index contributed by atoms with van der Waals surface area (Å²) in [6.45, 7) is 6.00. The van der Waals surface area contributed by atoms with Crippen molar-refractivity contribution in [3.63, 3.8) is 0 Å². The van der Waals surface area contributed by atoms with Crippen LogP contribution in [-0.4, -0.2) is 79.9 Å². The van der Waals surface area contributed by atoms with Crippen molar-refractivity contribution in [1.82, 2.24) is 15.1 Å². The second-order valence-corrected chi connectivity index (χ2v) is 8.80. The van der Waals surface area contributed by atoms with E-state index in [2.05, 4.69) is 10.2 Å². The molecule has 0 unspecified atom stereocenters.